The molecule has 11 nitrogen and oxygen atoms in total. The zero-order chi connectivity index (χ0) is 15.8. The normalized spacial score (nSPS) is 28.4. The number of aliphatic hydroxyl groups excluding tert-OH is 2. The van der Waals surface area contributed by atoms with Crippen molar-refractivity contribution >= 4 is 56.7 Å². The van der Waals surface area contributed by atoms with Crippen molar-refractivity contribution in [3.8, 4) is 0 Å². The van der Waals surface area contributed by atoms with Crippen molar-refractivity contribution in [2.24, 2.45) is 0 Å². The van der Waals surface area contributed by atoms with Crippen LogP contribution in [0, 0.1) is 0 Å². The number of rotatable bonds is 4. The zero-order valence-corrected chi connectivity index (χ0v) is 16.4. The number of phosphoric acid groups is 1. The van der Waals surface area contributed by atoms with Gasteiger partial charge in [0.25, 0.3) is 5.56 Å². The molecule has 0 bridgehead atoms. The van der Waals surface area contributed by atoms with Crippen LogP contribution in [0.1, 0.15) is 6.23 Å². The molecule has 1 fully saturated rings. The number of aromatic amines is 1. The van der Waals surface area contributed by atoms with Gasteiger partial charge in [-0.1, -0.05) is 0 Å². The second-order valence-corrected chi connectivity index (χ2v) is 5.46. The zero-order valence-electron chi connectivity index (χ0n) is 11.0. The standard InChI is InChI=1S/C9H13N2O9P.Ba/c12-5-1-2-11(9(15)10-5)8-7(14)6(13)4(20-8)3-19-21(16,17)18;/h1-2,4,6-8,13-14H,3H2,(H,10,12,15)(H2,16,17,18);/q;+2/p-2/t4-,6-,7-,8-;/m1./s1. The Balaban J connectivity index is 0.00000242. The van der Waals surface area contributed by atoms with E-state index in [9.17, 15) is 34.2 Å². The van der Waals surface area contributed by atoms with Crippen LogP contribution in [0.15, 0.2) is 21.9 Å². The van der Waals surface area contributed by atoms with Gasteiger partial charge in [-0.25, -0.2) is 4.79 Å². The van der Waals surface area contributed by atoms with E-state index in [1.165, 1.54) is 0 Å². The first kappa shape index (κ1) is 20.3. The van der Waals surface area contributed by atoms with Crippen LogP contribution in [0.3, 0.4) is 0 Å². The number of aromatic nitrogens is 2. The molecule has 4 atom stereocenters. The van der Waals surface area contributed by atoms with Gasteiger partial charge in [-0.3, -0.25) is 14.3 Å². The molecule has 0 unspecified atom stereocenters. The molecule has 0 radical (unpaired) electrons. The third-order valence-corrected chi connectivity index (χ3v) is 3.32. The number of nitrogens with zero attached hydrogens (tertiary/aromatic N) is 1. The van der Waals surface area contributed by atoms with Crippen LogP contribution in [0.25, 0.3) is 0 Å². The first-order chi connectivity index (χ1) is 9.69. The molecular weight excluding hydrogens is 448 g/mol. The van der Waals surface area contributed by atoms with Gasteiger partial charge in [0, 0.05) is 12.3 Å². The summed E-state index contributed by atoms with van der Waals surface area (Å²) in [7, 11) is -5.26. The second-order valence-electron chi connectivity index (χ2n) is 4.31. The number of phosphoric ester groups is 1. The number of nitrogens with one attached hydrogen (secondary N) is 1. The quantitative estimate of drug-likeness (QED) is 0.296. The molecule has 0 spiro atoms. The molecule has 118 valence electrons. The summed E-state index contributed by atoms with van der Waals surface area (Å²) in [4.78, 5) is 45.2. The Morgan fingerprint density at radius 3 is 2.55 bits per heavy atom. The van der Waals surface area contributed by atoms with Crippen LogP contribution in [0.2, 0.25) is 0 Å². The maximum absolute atomic E-state index is 11.6. The minimum Gasteiger partial charge on any atom is -0.790 e. The van der Waals surface area contributed by atoms with Crippen molar-refractivity contribution in [2.45, 2.75) is 24.5 Å². The van der Waals surface area contributed by atoms with Crippen molar-refractivity contribution in [1.29, 1.82) is 0 Å². The van der Waals surface area contributed by atoms with E-state index in [1.54, 1.807) is 0 Å². The first-order valence-electron chi connectivity index (χ1n) is 5.69. The molecule has 2 rings (SSSR count). The van der Waals surface area contributed by atoms with Gasteiger partial charge >= 0.3 is 54.6 Å². The summed E-state index contributed by atoms with van der Waals surface area (Å²) in [6, 6.07) is 0.997. The Morgan fingerprint density at radius 2 is 2.00 bits per heavy atom. The summed E-state index contributed by atoms with van der Waals surface area (Å²) in [5.41, 5.74) is -1.55. The van der Waals surface area contributed by atoms with E-state index in [1.807, 2.05) is 4.98 Å². The fourth-order valence-electron chi connectivity index (χ4n) is 1.89. The molecule has 2 heterocycles. The minimum atomic E-state index is -5.26. The van der Waals surface area contributed by atoms with Gasteiger partial charge in [0.05, 0.1) is 14.4 Å². The summed E-state index contributed by atoms with van der Waals surface area (Å²) in [6.45, 7) is -0.808. The summed E-state index contributed by atoms with van der Waals surface area (Å²) in [6.07, 6.45) is -4.83. The molecule has 3 N–H and O–H groups in total. The summed E-state index contributed by atoms with van der Waals surface area (Å²) in [5, 5.41) is 19.5. The Hall–Kier alpha value is 0.241. The van der Waals surface area contributed by atoms with Crippen LogP contribution in [0.4, 0.5) is 0 Å². The average Bonchev–Trinajstić information content (AvgIpc) is 2.64. The molecule has 1 saturated heterocycles. The van der Waals surface area contributed by atoms with Gasteiger partial charge in [-0.05, 0) is 0 Å². The molecule has 1 aromatic heterocycles. The van der Waals surface area contributed by atoms with E-state index in [0.717, 1.165) is 16.8 Å². The number of aliphatic hydroxyl groups is 2. The maximum atomic E-state index is 11.6. The number of hydrogen-bond donors (Lipinski definition) is 3. The Labute approximate surface area is 163 Å². The molecule has 13 heteroatoms. The third-order valence-electron chi connectivity index (χ3n) is 2.86. The van der Waals surface area contributed by atoms with Crippen molar-refractivity contribution in [3.63, 3.8) is 0 Å². The predicted octanol–water partition coefficient (Wildman–Crippen LogP) is -4.38. The SMILES string of the molecule is O=c1ccn([C@@H]2O[C@H](COP(=O)([O-])[O-])[C@@H](O)[C@H]2O)c(=O)[nH]1.[Ba+2]. The van der Waals surface area contributed by atoms with Gasteiger partial charge in [0.15, 0.2) is 6.23 Å². The third kappa shape index (κ3) is 4.87. The first-order valence-corrected chi connectivity index (χ1v) is 7.15. The minimum absolute atomic E-state index is 0. The molecule has 1 aromatic rings. The topological polar surface area (TPSA) is 177 Å². The molecular formula is C9H11BaN2O9P. The van der Waals surface area contributed by atoms with E-state index in [2.05, 4.69) is 4.52 Å². The Morgan fingerprint density at radius 1 is 1.36 bits per heavy atom. The van der Waals surface area contributed by atoms with Gasteiger partial charge in [0.1, 0.15) is 18.3 Å². The number of hydrogen-bond acceptors (Lipinski definition) is 9. The van der Waals surface area contributed by atoms with Crippen molar-refractivity contribution in [2.75, 3.05) is 6.61 Å². The predicted molar refractivity (Wildman–Crippen MR) is 66.6 cm³/mol. The van der Waals surface area contributed by atoms with Crippen molar-refractivity contribution in [1.82, 2.24) is 9.55 Å². The van der Waals surface area contributed by atoms with Crippen LogP contribution in [0.5, 0.6) is 0 Å². The molecule has 0 amide bonds. The van der Waals surface area contributed by atoms with Gasteiger partial charge < -0.3 is 33.8 Å². The Kier molecular flexibility index (Phi) is 7.26. The second kappa shape index (κ2) is 7.88. The fraction of sp³-hybridized carbons (Fsp3) is 0.556. The van der Waals surface area contributed by atoms with Crippen LogP contribution < -0.4 is 21.0 Å². The summed E-state index contributed by atoms with van der Waals surface area (Å²) in [5.74, 6) is 0. The van der Waals surface area contributed by atoms with E-state index < -0.39 is 50.2 Å². The van der Waals surface area contributed by atoms with Crippen molar-refractivity contribution < 1.29 is 33.8 Å². The van der Waals surface area contributed by atoms with Crippen LogP contribution in [-0.4, -0.2) is 93.6 Å². The molecule has 1 aliphatic heterocycles. The molecule has 0 aliphatic carbocycles. The summed E-state index contributed by atoms with van der Waals surface area (Å²) < 4.78 is 20.3. The van der Waals surface area contributed by atoms with E-state index in [-0.39, 0.29) is 48.9 Å². The van der Waals surface area contributed by atoms with Crippen LogP contribution >= 0.6 is 7.82 Å². The molecule has 22 heavy (non-hydrogen) atoms. The smallest absolute Gasteiger partial charge is 0.790 e. The van der Waals surface area contributed by atoms with Crippen LogP contribution in [-0.2, 0) is 13.8 Å². The fourth-order valence-corrected chi connectivity index (χ4v) is 2.22. The van der Waals surface area contributed by atoms with E-state index in [4.69, 9.17) is 4.74 Å². The van der Waals surface area contributed by atoms with Crippen molar-refractivity contribution in [3.05, 3.63) is 33.1 Å². The number of H-pyrrole nitrogens is 1. The van der Waals surface area contributed by atoms with Gasteiger partial charge in [-0.15, -0.1) is 0 Å². The monoisotopic (exact) mass is 460 g/mol. The van der Waals surface area contributed by atoms with E-state index >= 15 is 0 Å². The average molecular weight is 459 g/mol. The Bertz CT molecular complexity index is 670. The van der Waals surface area contributed by atoms with Gasteiger partial charge in [-0.2, -0.15) is 0 Å². The molecule has 0 saturated carbocycles. The van der Waals surface area contributed by atoms with E-state index in [0.29, 0.717) is 0 Å². The summed E-state index contributed by atoms with van der Waals surface area (Å²) >= 11 is 0. The molecule has 0 aromatic carbocycles. The largest absolute Gasteiger partial charge is 2.00 e. The number of ether oxygens (including phenoxy) is 1. The maximum Gasteiger partial charge on any atom is 2.00 e. The van der Waals surface area contributed by atoms with Gasteiger partial charge in [0.2, 0.25) is 0 Å². The molecule has 1 aliphatic rings.